The monoisotopic (exact) mass is 522 g/mol. The van der Waals surface area contributed by atoms with Crippen LogP contribution in [-0.2, 0) is 14.3 Å². The molecule has 0 rings (SSSR count). The van der Waals surface area contributed by atoms with Crippen LogP contribution < -0.4 is 0 Å². The molecule has 0 aliphatic carbocycles. The van der Waals surface area contributed by atoms with Crippen molar-refractivity contribution < 1.29 is 19.4 Å². The minimum atomic E-state index is -0.530. The molecule has 0 amide bonds. The molecule has 0 radical (unpaired) electrons. The quantitative estimate of drug-likeness (QED) is 0.0603. The lowest BCUT2D eigenvalue weighted by Crippen LogP contribution is -2.27. The molecule has 0 saturated carbocycles. The molecule has 1 unspecified atom stereocenters. The van der Waals surface area contributed by atoms with Crippen LogP contribution in [0.4, 0.5) is 0 Å². The minimum Gasteiger partial charge on any atom is -0.457 e. The highest BCUT2D eigenvalue weighted by atomic mass is 16.6. The van der Waals surface area contributed by atoms with Crippen LogP contribution in [0.15, 0.2) is 24.3 Å². The fourth-order valence-corrected chi connectivity index (χ4v) is 4.36. The van der Waals surface area contributed by atoms with Gasteiger partial charge in [-0.25, -0.2) is 0 Å². The van der Waals surface area contributed by atoms with Gasteiger partial charge in [-0.15, -0.1) is 0 Å². The van der Waals surface area contributed by atoms with Crippen LogP contribution in [0.1, 0.15) is 155 Å². The Morgan fingerprint density at radius 1 is 0.649 bits per heavy atom. The molecule has 0 aromatic heterocycles. The number of aliphatic hydroxyl groups excluding tert-OH is 1. The first-order valence-electron chi connectivity index (χ1n) is 15.9. The molecule has 0 fully saturated rings. The van der Waals surface area contributed by atoms with Gasteiger partial charge in [-0.05, 0) is 44.9 Å². The van der Waals surface area contributed by atoms with Crippen LogP contribution in [0.2, 0.25) is 0 Å². The number of rotatable bonds is 29. The first-order chi connectivity index (χ1) is 18.2. The summed E-state index contributed by atoms with van der Waals surface area (Å²) in [7, 11) is 0. The Hall–Kier alpha value is -1.13. The molecule has 4 heteroatoms. The predicted octanol–water partition coefficient (Wildman–Crippen LogP) is 9.64. The van der Waals surface area contributed by atoms with Gasteiger partial charge in [-0.1, -0.05) is 128 Å². The standard InChI is InChI=1S/C33H62O4/c1-3-5-7-9-11-13-14-15-16-17-18-19-20-21-22-24-26-28-33(35)37-32(30-34)31-36-29-27-25-23-12-10-8-6-4-2/h11,13,15-16,32,34H,3-10,12,14,17-31H2,1-2H3/b13-11-,16-15-. The van der Waals surface area contributed by atoms with Gasteiger partial charge >= 0.3 is 5.97 Å². The molecule has 0 aliphatic rings. The number of carbonyl (C=O) groups is 1. The summed E-state index contributed by atoms with van der Waals surface area (Å²) in [4.78, 5) is 12.1. The normalized spacial score (nSPS) is 12.6. The van der Waals surface area contributed by atoms with Crippen LogP contribution in [0.25, 0.3) is 0 Å². The van der Waals surface area contributed by atoms with Gasteiger partial charge in [0.25, 0.3) is 0 Å². The molecule has 0 aromatic rings. The van der Waals surface area contributed by atoms with Crippen LogP contribution in [0, 0.1) is 0 Å². The summed E-state index contributed by atoms with van der Waals surface area (Å²) in [6, 6.07) is 0. The van der Waals surface area contributed by atoms with E-state index in [4.69, 9.17) is 9.47 Å². The second-order valence-electron chi connectivity index (χ2n) is 10.5. The van der Waals surface area contributed by atoms with Gasteiger partial charge in [0.15, 0.2) is 0 Å². The number of ether oxygens (including phenoxy) is 2. The number of allylic oxidation sites excluding steroid dienone is 4. The summed E-state index contributed by atoms with van der Waals surface area (Å²) in [6.07, 6.45) is 34.9. The van der Waals surface area contributed by atoms with Crippen LogP contribution in [0.3, 0.4) is 0 Å². The maximum atomic E-state index is 12.1. The Morgan fingerprint density at radius 3 is 1.73 bits per heavy atom. The van der Waals surface area contributed by atoms with Crippen molar-refractivity contribution in [2.24, 2.45) is 0 Å². The van der Waals surface area contributed by atoms with Crippen molar-refractivity contribution in [3.63, 3.8) is 0 Å². The van der Waals surface area contributed by atoms with Crippen molar-refractivity contribution in [3.8, 4) is 0 Å². The van der Waals surface area contributed by atoms with Gasteiger partial charge in [0, 0.05) is 13.0 Å². The lowest BCUT2D eigenvalue weighted by molar-refractivity contribution is -0.154. The van der Waals surface area contributed by atoms with E-state index >= 15 is 0 Å². The van der Waals surface area contributed by atoms with E-state index in [0.717, 1.165) is 25.7 Å². The van der Waals surface area contributed by atoms with Crippen molar-refractivity contribution in [1.29, 1.82) is 0 Å². The summed E-state index contributed by atoms with van der Waals surface area (Å²) < 4.78 is 11.0. The average molecular weight is 523 g/mol. The highest BCUT2D eigenvalue weighted by molar-refractivity contribution is 5.69. The zero-order valence-electron chi connectivity index (χ0n) is 24.7. The molecule has 4 nitrogen and oxygen atoms in total. The van der Waals surface area contributed by atoms with Gasteiger partial charge in [0.05, 0.1) is 13.2 Å². The zero-order valence-corrected chi connectivity index (χ0v) is 24.7. The Labute approximate surface area is 230 Å². The Kier molecular flexibility index (Phi) is 30.1. The van der Waals surface area contributed by atoms with Gasteiger partial charge in [-0.2, -0.15) is 0 Å². The van der Waals surface area contributed by atoms with Gasteiger partial charge in [0.1, 0.15) is 6.10 Å². The Bertz CT molecular complexity index is 514. The highest BCUT2D eigenvalue weighted by Crippen LogP contribution is 2.12. The van der Waals surface area contributed by atoms with Gasteiger partial charge in [0.2, 0.25) is 0 Å². The number of aliphatic hydroxyl groups is 1. The Balaban J connectivity index is 3.47. The minimum absolute atomic E-state index is 0.173. The summed E-state index contributed by atoms with van der Waals surface area (Å²) >= 11 is 0. The van der Waals surface area contributed by atoms with Gasteiger partial charge < -0.3 is 14.6 Å². The molecule has 1 N–H and O–H groups in total. The molecular formula is C33H62O4. The first-order valence-corrected chi connectivity index (χ1v) is 15.9. The molecular weight excluding hydrogens is 460 g/mol. The van der Waals surface area contributed by atoms with E-state index in [-0.39, 0.29) is 12.6 Å². The van der Waals surface area contributed by atoms with Crippen LogP contribution in [0.5, 0.6) is 0 Å². The molecule has 0 bridgehead atoms. The fraction of sp³-hybridized carbons (Fsp3) is 0.848. The summed E-state index contributed by atoms with van der Waals surface area (Å²) in [5.41, 5.74) is 0. The Morgan fingerprint density at radius 2 is 1.14 bits per heavy atom. The smallest absolute Gasteiger partial charge is 0.306 e. The number of unbranched alkanes of at least 4 members (excludes halogenated alkanes) is 17. The topological polar surface area (TPSA) is 55.8 Å². The number of esters is 1. The van der Waals surface area contributed by atoms with Crippen LogP contribution in [-0.4, -0.2) is 37.0 Å². The van der Waals surface area contributed by atoms with E-state index in [9.17, 15) is 9.90 Å². The van der Waals surface area contributed by atoms with Crippen molar-refractivity contribution in [2.75, 3.05) is 19.8 Å². The van der Waals surface area contributed by atoms with E-state index in [2.05, 4.69) is 38.2 Å². The largest absolute Gasteiger partial charge is 0.457 e. The second-order valence-corrected chi connectivity index (χ2v) is 10.5. The summed E-state index contributed by atoms with van der Waals surface area (Å²) in [5, 5.41) is 9.47. The van der Waals surface area contributed by atoms with Crippen molar-refractivity contribution in [2.45, 2.75) is 161 Å². The molecule has 218 valence electrons. The van der Waals surface area contributed by atoms with E-state index < -0.39 is 6.10 Å². The molecule has 0 saturated heterocycles. The molecule has 37 heavy (non-hydrogen) atoms. The van der Waals surface area contributed by atoms with Crippen molar-refractivity contribution in [1.82, 2.24) is 0 Å². The van der Waals surface area contributed by atoms with E-state index in [1.807, 2.05) is 0 Å². The molecule has 0 spiro atoms. The van der Waals surface area contributed by atoms with Crippen molar-refractivity contribution in [3.05, 3.63) is 24.3 Å². The zero-order chi connectivity index (χ0) is 27.1. The van der Waals surface area contributed by atoms with E-state index in [0.29, 0.717) is 19.6 Å². The fourth-order valence-electron chi connectivity index (χ4n) is 4.36. The molecule has 0 heterocycles. The number of carbonyl (C=O) groups excluding carboxylic acids is 1. The highest BCUT2D eigenvalue weighted by Gasteiger charge is 2.13. The second kappa shape index (κ2) is 31.1. The van der Waals surface area contributed by atoms with E-state index in [1.165, 1.54) is 109 Å². The van der Waals surface area contributed by atoms with Crippen molar-refractivity contribution >= 4 is 5.97 Å². The van der Waals surface area contributed by atoms with E-state index in [1.54, 1.807) is 0 Å². The predicted molar refractivity (Wildman–Crippen MR) is 159 cm³/mol. The average Bonchev–Trinajstić information content (AvgIpc) is 2.90. The lowest BCUT2D eigenvalue weighted by Gasteiger charge is -2.15. The molecule has 1 atom stereocenters. The lowest BCUT2D eigenvalue weighted by atomic mass is 10.1. The number of hydrogen-bond acceptors (Lipinski definition) is 4. The SMILES string of the molecule is CCCCC/C=C\C/C=C\CCCCCCCCCC(=O)OC(CO)COCCCCCCCCCC. The molecule has 0 aliphatic heterocycles. The maximum absolute atomic E-state index is 12.1. The van der Waals surface area contributed by atoms with Crippen LogP contribution >= 0.6 is 0 Å². The third kappa shape index (κ3) is 29.3. The molecule has 0 aromatic carbocycles. The maximum Gasteiger partial charge on any atom is 0.306 e. The van der Waals surface area contributed by atoms with Gasteiger partial charge in [-0.3, -0.25) is 4.79 Å². The summed E-state index contributed by atoms with van der Waals surface area (Å²) in [6.45, 7) is 5.29. The first kappa shape index (κ1) is 35.9. The number of hydrogen-bond donors (Lipinski definition) is 1. The summed E-state index contributed by atoms with van der Waals surface area (Å²) in [5.74, 6) is -0.211. The third-order valence-corrected chi connectivity index (χ3v) is 6.78. The third-order valence-electron chi connectivity index (χ3n) is 6.78.